The minimum Gasteiger partial charge on any atom is -0.469 e. The van der Waals surface area contributed by atoms with Crippen LogP contribution in [-0.2, 0) is 6.42 Å². The lowest BCUT2D eigenvalue weighted by molar-refractivity contribution is 0.173. The molecule has 2 aromatic heterocycles. The fourth-order valence-electron chi connectivity index (χ4n) is 1.81. The molecule has 0 aromatic carbocycles. The van der Waals surface area contributed by atoms with Gasteiger partial charge in [0.15, 0.2) is 0 Å². The number of aryl methyl sites for hydroxylation is 1. The molecule has 3 nitrogen and oxygen atoms in total. The summed E-state index contributed by atoms with van der Waals surface area (Å²) in [5.41, 5.74) is 0. The van der Waals surface area contributed by atoms with E-state index in [-0.39, 0.29) is 0 Å². The molecule has 2 N–H and O–H groups in total. The predicted octanol–water partition coefficient (Wildman–Crippen LogP) is 2.99. The van der Waals surface area contributed by atoms with Gasteiger partial charge in [0.2, 0.25) is 0 Å². The van der Waals surface area contributed by atoms with Crippen LogP contribution < -0.4 is 5.32 Å². The predicted molar refractivity (Wildman–Crippen MR) is 73.8 cm³/mol. The topological polar surface area (TPSA) is 45.4 Å². The fraction of sp³-hybridized carbons (Fsp3) is 0.429. The van der Waals surface area contributed by atoms with E-state index in [0.29, 0.717) is 12.6 Å². The standard InChI is InChI=1S/C14H19NO2S/c1-11(6-7-12-4-2-8-17-12)15-10-13(16)14-5-3-9-18-14/h2-5,8-9,11,13,15-16H,6-7,10H2,1H3. The van der Waals surface area contributed by atoms with Crippen LogP contribution >= 0.6 is 11.3 Å². The first kappa shape index (κ1) is 13.3. The Labute approximate surface area is 111 Å². The minimum absolute atomic E-state index is 0.365. The highest BCUT2D eigenvalue weighted by Gasteiger charge is 2.10. The van der Waals surface area contributed by atoms with Gasteiger partial charge in [-0.15, -0.1) is 11.3 Å². The second-order valence-electron chi connectivity index (χ2n) is 4.46. The molecule has 0 saturated carbocycles. The van der Waals surface area contributed by atoms with Crippen LogP contribution in [0.3, 0.4) is 0 Å². The van der Waals surface area contributed by atoms with Crippen LogP contribution in [0.4, 0.5) is 0 Å². The first-order valence-electron chi connectivity index (χ1n) is 6.23. The Morgan fingerprint density at radius 2 is 2.28 bits per heavy atom. The van der Waals surface area contributed by atoms with Gasteiger partial charge in [-0.3, -0.25) is 0 Å². The fourth-order valence-corrected chi connectivity index (χ4v) is 2.52. The van der Waals surface area contributed by atoms with Gasteiger partial charge >= 0.3 is 0 Å². The second-order valence-corrected chi connectivity index (χ2v) is 5.44. The van der Waals surface area contributed by atoms with Gasteiger partial charge in [0, 0.05) is 23.9 Å². The van der Waals surface area contributed by atoms with Crippen molar-refractivity contribution >= 4 is 11.3 Å². The van der Waals surface area contributed by atoms with Crippen molar-refractivity contribution in [2.45, 2.75) is 31.9 Å². The zero-order valence-corrected chi connectivity index (χ0v) is 11.3. The second kappa shape index (κ2) is 6.73. The number of furan rings is 1. The van der Waals surface area contributed by atoms with E-state index in [4.69, 9.17) is 4.42 Å². The molecule has 0 aliphatic carbocycles. The van der Waals surface area contributed by atoms with Gasteiger partial charge in [-0.25, -0.2) is 0 Å². The zero-order chi connectivity index (χ0) is 12.8. The van der Waals surface area contributed by atoms with Crippen molar-refractivity contribution in [3.05, 3.63) is 46.5 Å². The smallest absolute Gasteiger partial charge is 0.103 e. The third kappa shape index (κ3) is 3.98. The molecule has 0 aliphatic heterocycles. The van der Waals surface area contributed by atoms with Crippen molar-refractivity contribution in [1.29, 1.82) is 0 Å². The van der Waals surface area contributed by atoms with Crippen LogP contribution in [0.2, 0.25) is 0 Å². The van der Waals surface area contributed by atoms with E-state index >= 15 is 0 Å². The lowest BCUT2D eigenvalue weighted by atomic mass is 10.1. The Morgan fingerprint density at radius 1 is 1.39 bits per heavy atom. The maximum Gasteiger partial charge on any atom is 0.103 e. The average molecular weight is 265 g/mol. The van der Waals surface area contributed by atoms with Gasteiger partial charge in [0.05, 0.1) is 6.26 Å². The number of aliphatic hydroxyl groups excluding tert-OH is 1. The number of hydrogen-bond acceptors (Lipinski definition) is 4. The Kier molecular flexibility index (Phi) is 4.99. The molecule has 2 unspecified atom stereocenters. The molecule has 2 atom stereocenters. The molecule has 2 aromatic rings. The van der Waals surface area contributed by atoms with Crippen molar-refractivity contribution in [2.75, 3.05) is 6.54 Å². The third-order valence-electron chi connectivity index (χ3n) is 2.94. The van der Waals surface area contributed by atoms with E-state index in [1.807, 2.05) is 29.6 Å². The molecule has 98 valence electrons. The van der Waals surface area contributed by atoms with Crippen LogP contribution in [0.15, 0.2) is 40.3 Å². The highest BCUT2D eigenvalue weighted by atomic mass is 32.1. The molecule has 2 rings (SSSR count). The molecule has 18 heavy (non-hydrogen) atoms. The number of aliphatic hydroxyl groups is 1. The van der Waals surface area contributed by atoms with Crippen molar-refractivity contribution in [3.8, 4) is 0 Å². The molecule has 0 saturated heterocycles. The van der Waals surface area contributed by atoms with Crippen LogP contribution in [0.1, 0.15) is 30.1 Å². The Balaban J connectivity index is 1.67. The Hall–Kier alpha value is -1.10. The molecular weight excluding hydrogens is 246 g/mol. The number of hydrogen-bond donors (Lipinski definition) is 2. The first-order valence-corrected chi connectivity index (χ1v) is 7.11. The highest BCUT2D eigenvalue weighted by molar-refractivity contribution is 7.10. The van der Waals surface area contributed by atoms with Crippen molar-refractivity contribution in [2.24, 2.45) is 0 Å². The van der Waals surface area contributed by atoms with E-state index in [2.05, 4.69) is 12.2 Å². The monoisotopic (exact) mass is 265 g/mol. The summed E-state index contributed by atoms with van der Waals surface area (Å²) in [7, 11) is 0. The average Bonchev–Trinajstić information content (AvgIpc) is 3.05. The molecule has 2 heterocycles. The summed E-state index contributed by atoms with van der Waals surface area (Å²) < 4.78 is 5.29. The lowest BCUT2D eigenvalue weighted by Gasteiger charge is -2.16. The largest absolute Gasteiger partial charge is 0.469 e. The summed E-state index contributed by atoms with van der Waals surface area (Å²) in [6, 6.07) is 8.19. The maximum atomic E-state index is 9.94. The van der Waals surface area contributed by atoms with Crippen LogP contribution in [-0.4, -0.2) is 17.7 Å². The molecule has 0 radical (unpaired) electrons. The van der Waals surface area contributed by atoms with Gasteiger partial charge < -0.3 is 14.8 Å². The number of nitrogens with one attached hydrogen (secondary N) is 1. The van der Waals surface area contributed by atoms with E-state index in [0.717, 1.165) is 23.5 Å². The quantitative estimate of drug-likeness (QED) is 0.809. The molecule has 0 spiro atoms. The maximum absolute atomic E-state index is 9.94. The summed E-state index contributed by atoms with van der Waals surface area (Å²) in [6.07, 6.45) is 3.23. The molecule has 4 heteroatoms. The van der Waals surface area contributed by atoms with Gasteiger partial charge in [-0.1, -0.05) is 6.07 Å². The number of thiophene rings is 1. The van der Waals surface area contributed by atoms with Crippen LogP contribution in [0.25, 0.3) is 0 Å². The van der Waals surface area contributed by atoms with Crippen molar-refractivity contribution in [3.63, 3.8) is 0 Å². The Morgan fingerprint density at radius 3 is 2.94 bits per heavy atom. The molecule has 0 amide bonds. The Bertz CT molecular complexity index is 425. The van der Waals surface area contributed by atoms with Gasteiger partial charge in [-0.05, 0) is 36.9 Å². The minimum atomic E-state index is -0.406. The van der Waals surface area contributed by atoms with Crippen molar-refractivity contribution in [1.82, 2.24) is 5.32 Å². The zero-order valence-electron chi connectivity index (χ0n) is 10.5. The molecular formula is C14H19NO2S. The summed E-state index contributed by atoms with van der Waals surface area (Å²) in [5.74, 6) is 1.02. The molecule has 0 aliphatic rings. The molecule has 0 fully saturated rings. The summed E-state index contributed by atoms with van der Waals surface area (Å²) in [4.78, 5) is 1.01. The lowest BCUT2D eigenvalue weighted by Crippen LogP contribution is -2.30. The third-order valence-corrected chi connectivity index (χ3v) is 3.91. The van der Waals surface area contributed by atoms with Gasteiger partial charge in [-0.2, -0.15) is 0 Å². The summed E-state index contributed by atoms with van der Waals surface area (Å²) in [6.45, 7) is 2.73. The normalized spacial score (nSPS) is 14.6. The van der Waals surface area contributed by atoms with Crippen molar-refractivity contribution < 1.29 is 9.52 Å². The van der Waals surface area contributed by atoms with Crippen LogP contribution in [0.5, 0.6) is 0 Å². The van der Waals surface area contributed by atoms with Crippen LogP contribution in [0, 0.1) is 0 Å². The summed E-state index contributed by atoms with van der Waals surface area (Å²) >= 11 is 1.59. The SMILES string of the molecule is CC(CCc1ccco1)NCC(O)c1cccs1. The summed E-state index contributed by atoms with van der Waals surface area (Å²) in [5, 5.41) is 15.3. The van der Waals surface area contributed by atoms with E-state index in [1.165, 1.54) is 0 Å². The first-order chi connectivity index (χ1) is 8.75. The van der Waals surface area contributed by atoms with E-state index in [9.17, 15) is 5.11 Å². The van der Waals surface area contributed by atoms with E-state index < -0.39 is 6.10 Å². The van der Waals surface area contributed by atoms with Gasteiger partial charge in [0.25, 0.3) is 0 Å². The van der Waals surface area contributed by atoms with E-state index in [1.54, 1.807) is 17.6 Å². The highest BCUT2D eigenvalue weighted by Crippen LogP contribution is 2.18. The number of rotatable bonds is 7. The van der Waals surface area contributed by atoms with Gasteiger partial charge in [0.1, 0.15) is 11.9 Å². The molecule has 0 bridgehead atoms.